The van der Waals surface area contributed by atoms with Crippen molar-refractivity contribution in [2.75, 3.05) is 5.32 Å². The molecule has 6 heteroatoms. The normalized spacial score (nSPS) is 10.3. The molecule has 0 aliphatic carbocycles. The van der Waals surface area contributed by atoms with Crippen LogP contribution in [0.2, 0.25) is 5.02 Å². The number of aromatic carboxylic acids is 1. The molecule has 2 N–H and O–H groups in total. The molecule has 0 aromatic heterocycles. The van der Waals surface area contributed by atoms with Crippen molar-refractivity contribution >= 4 is 23.3 Å². The summed E-state index contributed by atoms with van der Waals surface area (Å²) in [7, 11) is 0. The lowest BCUT2D eigenvalue weighted by Gasteiger charge is -2.09. The van der Waals surface area contributed by atoms with E-state index in [1.165, 1.54) is 24.3 Å². The van der Waals surface area contributed by atoms with Crippen molar-refractivity contribution in [3.05, 3.63) is 64.2 Å². The fourth-order valence-electron chi connectivity index (χ4n) is 1.68. The van der Waals surface area contributed by atoms with Crippen LogP contribution in [0.4, 0.5) is 14.5 Å². The molecule has 0 fully saturated rings. The monoisotopic (exact) mass is 297 g/mol. The molecule has 2 aromatic rings. The molecule has 0 heterocycles. The zero-order valence-electron chi connectivity index (χ0n) is 10.2. The summed E-state index contributed by atoms with van der Waals surface area (Å²) in [4.78, 5) is 10.8. The fraction of sp³-hybridized carbons (Fsp3) is 0.0714. The second kappa shape index (κ2) is 5.88. The molecule has 0 saturated carbocycles. The van der Waals surface area contributed by atoms with Gasteiger partial charge in [0.25, 0.3) is 0 Å². The Bertz CT molecular complexity index is 662. The van der Waals surface area contributed by atoms with Gasteiger partial charge in [0.2, 0.25) is 0 Å². The van der Waals surface area contributed by atoms with E-state index >= 15 is 0 Å². The Kier molecular flexibility index (Phi) is 4.20. The second-order valence-electron chi connectivity index (χ2n) is 4.09. The SMILES string of the molecule is O=C(O)c1cc(NCc2cc(Cl)ccc2F)ccc1F. The van der Waals surface area contributed by atoms with Crippen molar-refractivity contribution in [1.82, 2.24) is 0 Å². The van der Waals surface area contributed by atoms with Gasteiger partial charge in [-0.25, -0.2) is 13.6 Å². The average Bonchev–Trinajstić information content (AvgIpc) is 2.41. The fourth-order valence-corrected chi connectivity index (χ4v) is 1.87. The van der Waals surface area contributed by atoms with E-state index in [-0.39, 0.29) is 6.54 Å². The maximum atomic E-state index is 13.5. The topological polar surface area (TPSA) is 49.3 Å². The van der Waals surface area contributed by atoms with Crippen LogP contribution in [-0.4, -0.2) is 11.1 Å². The van der Waals surface area contributed by atoms with Gasteiger partial charge < -0.3 is 10.4 Å². The minimum absolute atomic E-state index is 0.108. The third-order valence-corrected chi connectivity index (χ3v) is 2.92. The number of halogens is 3. The van der Waals surface area contributed by atoms with Gasteiger partial charge in [0, 0.05) is 22.8 Å². The van der Waals surface area contributed by atoms with Gasteiger partial charge in [-0.15, -0.1) is 0 Å². The third kappa shape index (κ3) is 3.24. The Morgan fingerprint density at radius 2 is 1.85 bits per heavy atom. The van der Waals surface area contributed by atoms with E-state index in [9.17, 15) is 13.6 Å². The Balaban J connectivity index is 2.17. The van der Waals surface area contributed by atoms with Gasteiger partial charge in [0.05, 0.1) is 5.56 Å². The van der Waals surface area contributed by atoms with Crippen LogP contribution in [0.25, 0.3) is 0 Å². The van der Waals surface area contributed by atoms with E-state index in [1.54, 1.807) is 0 Å². The number of carbonyl (C=O) groups is 1. The molecule has 0 aliphatic heterocycles. The highest BCUT2D eigenvalue weighted by molar-refractivity contribution is 6.30. The molecule has 2 aromatic carbocycles. The first kappa shape index (κ1) is 14.3. The predicted octanol–water partition coefficient (Wildman–Crippen LogP) is 3.93. The van der Waals surface area contributed by atoms with Gasteiger partial charge in [-0.3, -0.25) is 0 Å². The maximum Gasteiger partial charge on any atom is 0.338 e. The van der Waals surface area contributed by atoms with E-state index in [0.717, 1.165) is 12.1 Å². The van der Waals surface area contributed by atoms with Gasteiger partial charge in [-0.1, -0.05) is 11.6 Å². The highest BCUT2D eigenvalue weighted by Crippen LogP contribution is 2.18. The largest absolute Gasteiger partial charge is 0.478 e. The lowest BCUT2D eigenvalue weighted by atomic mass is 10.1. The van der Waals surface area contributed by atoms with Crippen molar-refractivity contribution in [3.63, 3.8) is 0 Å². The zero-order valence-corrected chi connectivity index (χ0v) is 10.9. The van der Waals surface area contributed by atoms with Crippen LogP contribution in [0.3, 0.4) is 0 Å². The molecule has 0 unspecified atom stereocenters. The molecule has 0 atom stereocenters. The molecular weight excluding hydrogens is 288 g/mol. The summed E-state index contributed by atoms with van der Waals surface area (Å²) in [5.74, 6) is -2.61. The molecule has 104 valence electrons. The third-order valence-electron chi connectivity index (χ3n) is 2.69. The van der Waals surface area contributed by atoms with E-state index < -0.39 is 23.2 Å². The van der Waals surface area contributed by atoms with E-state index in [4.69, 9.17) is 16.7 Å². The minimum atomic E-state index is -1.36. The van der Waals surface area contributed by atoms with Crippen molar-refractivity contribution in [2.24, 2.45) is 0 Å². The molecule has 3 nitrogen and oxygen atoms in total. The standard InChI is InChI=1S/C14H10ClF2NO2/c15-9-1-3-12(16)8(5-9)7-18-10-2-4-13(17)11(6-10)14(19)20/h1-6,18H,7H2,(H,19,20). The number of hydrogen-bond donors (Lipinski definition) is 2. The van der Waals surface area contributed by atoms with E-state index in [0.29, 0.717) is 16.3 Å². The first-order chi connectivity index (χ1) is 9.47. The second-order valence-corrected chi connectivity index (χ2v) is 4.53. The lowest BCUT2D eigenvalue weighted by molar-refractivity contribution is 0.0692. The molecule has 0 saturated heterocycles. The number of carboxylic acid groups (broad SMARTS) is 1. The molecule has 2 rings (SSSR count). The Morgan fingerprint density at radius 3 is 2.55 bits per heavy atom. The lowest BCUT2D eigenvalue weighted by Crippen LogP contribution is -2.05. The Labute approximate surface area is 118 Å². The first-order valence-corrected chi connectivity index (χ1v) is 6.06. The number of nitrogens with one attached hydrogen (secondary N) is 1. The Morgan fingerprint density at radius 1 is 1.15 bits per heavy atom. The highest BCUT2D eigenvalue weighted by Gasteiger charge is 2.11. The van der Waals surface area contributed by atoms with Crippen LogP contribution in [0, 0.1) is 11.6 Å². The van der Waals surface area contributed by atoms with Crippen LogP contribution in [-0.2, 0) is 6.54 Å². The smallest absolute Gasteiger partial charge is 0.338 e. The highest BCUT2D eigenvalue weighted by atomic mass is 35.5. The van der Waals surface area contributed by atoms with E-state index in [1.807, 2.05) is 0 Å². The van der Waals surface area contributed by atoms with Gasteiger partial charge in [0.1, 0.15) is 11.6 Å². The summed E-state index contributed by atoms with van der Waals surface area (Å²) in [6.07, 6.45) is 0. The van der Waals surface area contributed by atoms with Crippen molar-refractivity contribution < 1.29 is 18.7 Å². The van der Waals surface area contributed by atoms with Gasteiger partial charge in [0.15, 0.2) is 0 Å². The van der Waals surface area contributed by atoms with Crippen molar-refractivity contribution in [3.8, 4) is 0 Å². The van der Waals surface area contributed by atoms with E-state index in [2.05, 4.69) is 5.32 Å². The van der Waals surface area contributed by atoms with Gasteiger partial charge >= 0.3 is 5.97 Å². The quantitative estimate of drug-likeness (QED) is 0.899. The van der Waals surface area contributed by atoms with Crippen LogP contribution in [0.15, 0.2) is 36.4 Å². The molecule has 0 amide bonds. The van der Waals surface area contributed by atoms with Crippen LogP contribution in [0.5, 0.6) is 0 Å². The molecule has 0 bridgehead atoms. The van der Waals surface area contributed by atoms with Crippen molar-refractivity contribution in [2.45, 2.75) is 6.54 Å². The zero-order chi connectivity index (χ0) is 14.7. The summed E-state index contributed by atoms with van der Waals surface area (Å²) in [5, 5.41) is 12.0. The van der Waals surface area contributed by atoms with Crippen LogP contribution < -0.4 is 5.32 Å². The van der Waals surface area contributed by atoms with Crippen LogP contribution in [0.1, 0.15) is 15.9 Å². The summed E-state index contributed by atoms with van der Waals surface area (Å²) >= 11 is 5.76. The summed E-state index contributed by atoms with van der Waals surface area (Å²) in [6, 6.07) is 7.71. The maximum absolute atomic E-state index is 13.5. The molecule has 20 heavy (non-hydrogen) atoms. The average molecular weight is 298 g/mol. The number of hydrogen-bond acceptors (Lipinski definition) is 2. The van der Waals surface area contributed by atoms with Gasteiger partial charge in [-0.05, 0) is 36.4 Å². The first-order valence-electron chi connectivity index (χ1n) is 5.68. The molecular formula is C14H10ClF2NO2. The number of carboxylic acids is 1. The number of anilines is 1. The molecule has 0 aliphatic rings. The summed E-state index contributed by atoms with van der Waals surface area (Å²) < 4.78 is 26.7. The predicted molar refractivity (Wildman–Crippen MR) is 72.1 cm³/mol. The Hall–Kier alpha value is -2.14. The summed E-state index contributed by atoms with van der Waals surface area (Å²) in [6.45, 7) is 0.108. The minimum Gasteiger partial charge on any atom is -0.478 e. The van der Waals surface area contributed by atoms with Gasteiger partial charge in [-0.2, -0.15) is 0 Å². The van der Waals surface area contributed by atoms with Crippen LogP contribution >= 0.6 is 11.6 Å². The molecule has 0 spiro atoms. The molecule has 0 radical (unpaired) electrons. The number of rotatable bonds is 4. The number of benzene rings is 2. The summed E-state index contributed by atoms with van der Waals surface area (Å²) in [5.41, 5.74) is 0.267. The van der Waals surface area contributed by atoms with Crippen molar-refractivity contribution in [1.29, 1.82) is 0 Å².